The summed E-state index contributed by atoms with van der Waals surface area (Å²) in [6, 6.07) is 0. The van der Waals surface area contributed by atoms with E-state index in [9.17, 15) is 4.79 Å². The fraction of sp³-hybridized carbons (Fsp3) is 0.609. The van der Waals surface area contributed by atoms with E-state index in [2.05, 4.69) is 30.9 Å². The van der Waals surface area contributed by atoms with Crippen LogP contribution in [0.5, 0.6) is 0 Å². The molecule has 1 rings (SSSR count). The third-order valence-electron chi connectivity index (χ3n) is 4.35. The van der Waals surface area contributed by atoms with Gasteiger partial charge in [-0.25, -0.2) is 0 Å². The molecular weight excluding hydrogens is 306 g/mol. The van der Waals surface area contributed by atoms with Gasteiger partial charge in [-0.15, -0.1) is 0 Å². The zero-order valence-electron chi connectivity index (χ0n) is 16.0. The molecule has 1 aliphatic rings. The summed E-state index contributed by atoms with van der Waals surface area (Å²) in [5.74, 6) is 6.44. The Morgan fingerprint density at radius 1 is 0.960 bits per heavy atom. The van der Waals surface area contributed by atoms with Crippen molar-refractivity contribution in [3.05, 3.63) is 36.5 Å². The van der Waals surface area contributed by atoms with Gasteiger partial charge in [0.05, 0.1) is 0 Å². The first kappa shape index (κ1) is 21.3. The molecule has 2 heteroatoms. The predicted octanol–water partition coefficient (Wildman–Crippen LogP) is 5.81. The van der Waals surface area contributed by atoms with Gasteiger partial charge in [0.25, 0.3) is 0 Å². The number of unbranched alkanes of at least 4 members (excludes halogenated alkanes) is 6. The second kappa shape index (κ2) is 15.8. The maximum absolute atomic E-state index is 11.9. The zero-order valence-corrected chi connectivity index (χ0v) is 16.0. The van der Waals surface area contributed by atoms with E-state index in [4.69, 9.17) is 0 Å². The molecular formula is C23H35NO. The number of amides is 1. The molecule has 0 aliphatic carbocycles. The van der Waals surface area contributed by atoms with Gasteiger partial charge in [0.2, 0.25) is 5.91 Å². The minimum Gasteiger partial charge on any atom is -0.339 e. The molecule has 0 spiro atoms. The SMILES string of the molecule is CCCCCC#CC=CC=CCCCCC=CC(=O)N1CCCCC1. The quantitative estimate of drug-likeness (QED) is 0.212. The number of nitrogens with zero attached hydrogens (tertiary/aromatic N) is 1. The number of allylic oxidation sites excluding steroid dienone is 5. The summed E-state index contributed by atoms with van der Waals surface area (Å²) in [6.45, 7) is 4.08. The van der Waals surface area contributed by atoms with Crippen molar-refractivity contribution in [2.24, 2.45) is 0 Å². The zero-order chi connectivity index (χ0) is 18.0. The maximum Gasteiger partial charge on any atom is 0.246 e. The Kier molecular flexibility index (Phi) is 13.4. The Bertz CT molecular complexity index is 484. The van der Waals surface area contributed by atoms with Gasteiger partial charge in [-0.1, -0.05) is 55.9 Å². The van der Waals surface area contributed by atoms with Gasteiger partial charge in [0, 0.05) is 19.5 Å². The molecule has 0 aromatic carbocycles. The average Bonchev–Trinajstić information content (AvgIpc) is 2.65. The van der Waals surface area contributed by atoms with Crippen LogP contribution in [0, 0.1) is 11.8 Å². The van der Waals surface area contributed by atoms with Gasteiger partial charge >= 0.3 is 0 Å². The first-order valence-corrected chi connectivity index (χ1v) is 10.1. The van der Waals surface area contributed by atoms with Crippen molar-refractivity contribution in [3.8, 4) is 11.8 Å². The summed E-state index contributed by atoms with van der Waals surface area (Å²) in [5, 5.41) is 0. The van der Waals surface area contributed by atoms with Crippen LogP contribution >= 0.6 is 0 Å². The molecule has 0 aromatic rings. The molecule has 0 unspecified atom stereocenters. The fourth-order valence-corrected chi connectivity index (χ4v) is 2.80. The summed E-state index contributed by atoms with van der Waals surface area (Å²) in [6.07, 6.45) is 24.7. The highest BCUT2D eigenvalue weighted by atomic mass is 16.2. The molecule has 0 bridgehead atoms. The van der Waals surface area contributed by atoms with Crippen molar-refractivity contribution in [3.63, 3.8) is 0 Å². The summed E-state index contributed by atoms with van der Waals surface area (Å²) in [4.78, 5) is 13.9. The van der Waals surface area contributed by atoms with Gasteiger partial charge in [0.15, 0.2) is 0 Å². The maximum atomic E-state index is 11.9. The molecule has 1 heterocycles. The van der Waals surface area contributed by atoms with Crippen LogP contribution in [0.4, 0.5) is 0 Å². The van der Waals surface area contributed by atoms with E-state index in [1.807, 2.05) is 23.1 Å². The first-order valence-electron chi connectivity index (χ1n) is 10.1. The van der Waals surface area contributed by atoms with E-state index in [0.717, 1.165) is 58.0 Å². The summed E-state index contributed by atoms with van der Waals surface area (Å²) in [5.41, 5.74) is 0. The van der Waals surface area contributed by atoms with Crippen LogP contribution in [0.25, 0.3) is 0 Å². The topological polar surface area (TPSA) is 20.3 Å². The van der Waals surface area contributed by atoms with Gasteiger partial charge in [-0.2, -0.15) is 0 Å². The molecule has 25 heavy (non-hydrogen) atoms. The molecule has 0 saturated carbocycles. The fourth-order valence-electron chi connectivity index (χ4n) is 2.80. The van der Waals surface area contributed by atoms with Crippen LogP contribution in [-0.2, 0) is 4.79 Å². The molecule has 2 nitrogen and oxygen atoms in total. The van der Waals surface area contributed by atoms with Crippen molar-refractivity contribution in [1.82, 2.24) is 4.90 Å². The highest BCUT2D eigenvalue weighted by molar-refractivity contribution is 5.87. The van der Waals surface area contributed by atoms with Crippen LogP contribution < -0.4 is 0 Å². The molecule has 0 atom stereocenters. The lowest BCUT2D eigenvalue weighted by Crippen LogP contribution is -2.34. The van der Waals surface area contributed by atoms with Crippen molar-refractivity contribution >= 4 is 5.91 Å². The van der Waals surface area contributed by atoms with Gasteiger partial charge in [-0.3, -0.25) is 4.79 Å². The number of piperidine rings is 1. The smallest absolute Gasteiger partial charge is 0.246 e. The number of carbonyl (C=O) groups excluding carboxylic acids is 1. The number of hydrogen-bond acceptors (Lipinski definition) is 1. The van der Waals surface area contributed by atoms with E-state index < -0.39 is 0 Å². The normalized spacial score (nSPS) is 15.2. The predicted molar refractivity (Wildman–Crippen MR) is 108 cm³/mol. The third kappa shape index (κ3) is 12.3. The lowest BCUT2D eigenvalue weighted by Gasteiger charge is -2.25. The van der Waals surface area contributed by atoms with Crippen molar-refractivity contribution in [1.29, 1.82) is 0 Å². The Morgan fingerprint density at radius 3 is 2.48 bits per heavy atom. The molecule has 138 valence electrons. The monoisotopic (exact) mass is 341 g/mol. The Balaban J connectivity index is 1.98. The van der Waals surface area contributed by atoms with Crippen molar-refractivity contribution in [2.45, 2.75) is 77.6 Å². The molecule has 0 radical (unpaired) electrons. The number of rotatable bonds is 10. The van der Waals surface area contributed by atoms with Crippen LogP contribution in [0.3, 0.4) is 0 Å². The highest BCUT2D eigenvalue weighted by Gasteiger charge is 2.13. The lowest BCUT2D eigenvalue weighted by molar-refractivity contribution is -0.126. The molecule has 1 amide bonds. The Morgan fingerprint density at radius 2 is 1.72 bits per heavy atom. The minimum atomic E-state index is 0.195. The van der Waals surface area contributed by atoms with Gasteiger partial charge < -0.3 is 4.90 Å². The highest BCUT2D eigenvalue weighted by Crippen LogP contribution is 2.09. The Labute approximate surface area is 155 Å². The van der Waals surface area contributed by atoms with E-state index in [1.54, 1.807) is 6.08 Å². The largest absolute Gasteiger partial charge is 0.339 e. The average molecular weight is 342 g/mol. The standard InChI is InChI=1S/C23H35NO/c1-2-3-4-5-6-7-8-9-10-11-12-13-14-15-17-20-23(25)24-21-18-16-19-22-24/h8-11,17,20H,2-5,12-16,18-19,21-22H2,1H3. The third-order valence-corrected chi connectivity index (χ3v) is 4.35. The van der Waals surface area contributed by atoms with Crippen LogP contribution in [0.1, 0.15) is 77.6 Å². The second-order valence-corrected chi connectivity index (χ2v) is 6.64. The van der Waals surface area contributed by atoms with Gasteiger partial charge in [0.1, 0.15) is 0 Å². The molecule has 1 fully saturated rings. The van der Waals surface area contributed by atoms with Crippen LogP contribution in [-0.4, -0.2) is 23.9 Å². The molecule has 1 aliphatic heterocycles. The lowest BCUT2D eigenvalue weighted by atomic mass is 10.1. The second-order valence-electron chi connectivity index (χ2n) is 6.64. The summed E-state index contributed by atoms with van der Waals surface area (Å²) < 4.78 is 0. The Hall–Kier alpha value is -1.75. The van der Waals surface area contributed by atoms with E-state index in [1.165, 1.54) is 25.7 Å². The minimum absolute atomic E-state index is 0.195. The van der Waals surface area contributed by atoms with Crippen molar-refractivity contribution in [2.75, 3.05) is 13.1 Å². The molecule has 0 aromatic heterocycles. The van der Waals surface area contributed by atoms with E-state index >= 15 is 0 Å². The van der Waals surface area contributed by atoms with Crippen LogP contribution in [0.2, 0.25) is 0 Å². The van der Waals surface area contributed by atoms with E-state index in [-0.39, 0.29) is 5.91 Å². The summed E-state index contributed by atoms with van der Waals surface area (Å²) >= 11 is 0. The summed E-state index contributed by atoms with van der Waals surface area (Å²) in [7, 11) is 0. The number of carbonyl (C=O) groups is 1. The first-order chi connectivity index (χ1) is 12.3. The van der Waals surface area contributed by atoms with E-state index in [0.29, 0.717) is 0 Å². The number of likely N-dealkylation sites (tertiary alicyclic amines) is 1. The van der Waals surface area contributed by atoms with Gasteiger partial charge in [-0.05, 0) is 63.5 Å². The molecule has 1 saturated heterocycles. The number of hydrogen-bond donors (Lipinski definition) is 0. The van der Waals surface area contributed by atoms with Crippen LogP contribution in [0.15, 0.2) is 36.5 Å². The van der Waals surface area contributed by atoms with Crippen molar-refractivity contribution < 1.29 is 4.79 Å². The molecule has 0 N–H and O–H groups in total.